The number of piperidine rings is 1. The van der Waals surface area contributed by atoms with Crippen LogP contribution in [0.2, 0.25) is 0 Å². The van der Waals surface area contributed by atoms with Gasteiger partial charge in [-0.25, -0.2) is 0 Å². The highest BCUT2D eigenvalue weighted by Gasteiger charge is 2.20. The molecule has 0 amide bonds. The lowest BCUT2D eigenvalue weighted by Crippen LogP contribution is -2.35. The van der Waals surface area contributed by atoms with E-state index in [1.807, 2.05) is 24.1 Å². The smallest absolute Gasteiger partial charge is 0.0534 e. The van der Waals surface area contributed by atoms with Crippen LogP contribution >= 0.6 is 0 Å². The Hall–Kier alpha value is -1.62. The van der Waals surface area contributed by atoms with Crippen LogP contribution < -0.4 is 0 Å². The molecule has 0 aliphatic carbocycles. The zero-order chi connectivity index (χ0) is 13.1. The summed E-state index contributed by atoms with van der Waals surface area (Å²) in [6.07, 6.45) is 9.65. The summed E-state index contributed by atoms with van der Waals surface area (Å²) in [7, 11) is 1.97. The van der Waals surface area contributed by atoms with E-state index in [0.29, 0.717) is 0 Å². The minimum Gasteiger partial charge on any atom is -0.299 e. The molecular formula is C14H21N5. The molecule has 5 nitrogen and oxygen atoms in total. The fraction of sp³-hybridized carbons (Fsp3) is 0.571. The molecular weight excluding hydrogens is 238 g/mol. The van der Waals surface area contributed by atoms with E-state index in [-0.39, 0.29) is 0 Å². The van der Waals surface area contributed by atoms with E-state index in [1.54, 1.807) is 0 Å². The molecule has 1 aliphatic heterocycles. The molecule has 0 bridgehead atoms. The van der Waals surface area contributed by atoms with Crippen molar-refractivity contribution in [3.05, 3.63) is 35.9 Å². The molecule has 1 fully saturated rings. The highest BCUT2D eigenvalue weighted by molar-refractivity contribution is 5.04. The number of nitrogens with zero attached hydrogens (tertiary/aromatic N) is 4. The van der Waals surface area contributed by atoms with E-state index in [0.717, 1.165) is 18.9 Å². The Morgan fingerprint density at radius 2 is 2.42 bits per heavy atom. The standard InChI is InChI=1S/C14H21N5/c1-18-9-13(8-16-18)11-19-6-2-3-12(10-19)7-14-4-5-15-17-14/h4-5,8-9,12H,2-3,6-7,10-11H2,1H3,(H,15,17)/t12-/m1/s1. The van der Waals surface area contributed by atoms with E-state index in [1.165, 1.54) is 37.2 Å². The van der Waals surface area contributed by atoms with Crippen LogP contribution in [0.3, 0.4) is 0 Å². The van der Waals surface area contributed by atoms with Crippen molar-refractivity contribution in [1.82, 2.24) is 24.9 Å². The highest BCUT2D eigenvalue weighted by Crippen LogP contribution is 2.21. The van der Waals surface area contributed by atoms with Gasteiger partial charge in [-0.3, -0.25) is 14.7 Å². The monoisotopic (exact) mass is 259 g/mol. The first kappa shape index (κ1) is 12.4. The van der Waals surface area contributed by atoms with Gasteiger partial charge in [-0.05, 0) is 37.8 Å². The predicted molar refractivity (Wildman–Crippen MR) is 73.5 cm³/mol. The molecule has 19 heavy (non-hydrogen) atoms. The first-order chi connectivity index (χ1) is 9.29. The Balaban J connectivity index is 1.55. The van der Waals surface area contributed by atoms with E-state index in [9.17, 15) is 0 Å². The number of H-pyrrole nitrogens is 1. The molecule has 0 unspecified atom stereocenters. The van der Waals surface area contributed by atoms with Gasteiger partial charge in [-0.1, -0.05) is 0 Å². The van der Waals surface area contributed by atoms with Gasteiger partial charge in [-0.2, -0.15) is 10.2 Å². The molecule has 0 radical (unpaired) electrons. The Morgan fingerprint density at radius 1 is 1.47 bits per heavy atom. The highest BCUT2D eigenvalue weighted by atomic mass is 15.2. The van der Waals surface area contributed by atoms with Gasteiger partial charge in [0, 0.05) is 43.8 Å². The van der Waals surface area contributed by atoms with Gasteiger partial charge in [0.2, 0.25) is 0 Å². The van der Waals surface area contributed by atoms with Gasteiger partial charge in [0.05, 0.1) is 6.20 Å². The number of likely N-dealkylation sites (tertiary alicyclic amines) is 1. The van der Waals surface area contributed by atoms with Crippen molar-refractivity contribution in [2.24, 2.45) is 13.0 Å². The normalized spacial score (nSPS) is 20.8. The van der Waals surface area contributed by atoms with Gasteiger partial charge >= 0.3 is 0 Å². The van der Waals surface area contributed by atoms with Crippen LogP contribution in [0.15, 0.2) is 24.7 Å². The molecule has 0 aromatic carbocycles. The number of aromatic amines is 1. The fourth-order valence-corrected chi connectivity index (χ4v) is 2.98. The van der Waals surface area contributed by atoms with Gasteiger partial charge in [0.1, 0.15) is 0 Å². The van der Waals surface area contributed by atoms with Crippen molar-refractivity contribution in [3.8, 4) is 0 Å². The number of rotatable bonds is 4. The molecule has 102 valence electrons. The first-order valence-electron chi connectivity index (χ1n) is 6.98. The van der Waals surface area contributed by atoms with Crippen LogP contribution in [0.5, 0.6) is 0 Å². The molecule has 3 rings (SSSR count). The first-order valence-corrected chi connectivity index (χ1v) is 6.98. The van der Waals surface area contributed by atoms with Crippen molar-refractivity contribution in [2.45, 2.75) is 25.8 Å². The summed E-state index contributed by atoms with van der Waals surface area (Å²) < 4.78 is 1.88. The lowest BCUT2D eigenvalue weighted by Gasteiger charge is -2.32. The second-order valence-corrected chi connectivity index (χ2v) is 5.55. The Kier molecular flexibility index (Phi) is 3.64. The average molecular weight is 259 g/mol. The Morgan fingerprint density at radius 3 is 3.16 bits per heavy atom. The molecule has 5 heteroatoms. The molecule has 1 atom stereocenters. The average Bonchev–Trinajstić information content (AvgIpc) is 3.02. The molecule has 3 heterocycles. The third-order valence-electron chi connectivity index (χ3n) is 3.83. The van der Waals surface area contributed by atoms with Gasteiger partial charge in [0.15, 0.2) is 0 Å². The summed E-state index contributed by atoms with van der Waals surface area (Å²) in [6, 6.07) is 2.08. The summed E-state index contributed by atoms with van der Waals surface area (Å²) in [4.78, 5) is 2.54. The lowest BCUT2D eigenvalue weighted by molar-refractivity contribution is 0.166. The number of aryl methyl sites for hydroxylation is 1. The lowest BCUT2D eigenvalue weighted by atomic mass is 9.93. The van der Waals surface area contributed by atoms with Crippen LogP contribution in [0.4, 0.5) is 0 Å². The maximum absolute atomic E-state index is 4.24. The van der Waals surface area contributed by atoms with Crippen molar-refractivity contribution >= 4 is 0 Å². The Bertz CT molecular complexity index is 502. The molecule has 0 saturated carbocycles. The zero-order valence-corrected chi connectivity index (χ0v) is 11.4. The van der Waals surface area contributed by atoms with Crippen LogP contribution in [-0.2, 0) is 20.0 Å². The van der Waals surface area contributed by atoms with Crippen molar-refractivity contribution in [1.29, 1.82) is 0 Å². The second-order valence-electron chi connectivity index (χ2n) is 5.55. The Labute approximate surface area is 113 Å². The number of hydrogen-bond acceptors (Lipinski definition) is 3. The van der Waals surface area contributed by atoms with Gasteiger partial charge in [0.25, 0.3) is 0 Å². The van der Waals surface area contributed by atoms with Crippen molar-refractivity contribution in [3.63, 3.8) is 0 Å². The van der Waals surface area contributed by atoms with E-state index < -0.39 is 0 Å². The molecule has 2 aromatic rings. The molecule has 1 saturated heterocycles. The quantitative estimate of drug-likeness (QED) is 0.907. The largest absolute Gasteiger partial charge is 0.299 e. The summed E-state index contributed by atoms with van der Waals surface area (Å²) in [6.45, 7) is 3.40. The minimum absolute atomic E-state index is 0.742. The summed E-state index contributed by atoms with van der Waals surface area (Å²) >= 11 is 0. The molecule has 1 aliphatic rings. The van der Waals surface area contributed by atoms with E-state index in [4.69, 9.17) is 0 Å². The maximum Gasteiger partial charge on any atom is 0.0534 e. The van der Waals surface area contributed by atoms with Crippen LogP contribution in [0, 0.1) is 5.92 Å². The van der Waals surface area contributed by atoms with Gasteiger partial charge < -0.3 is 0 Å². The summed E-state index contributed by atoms with van der Waals surface area (Å²) in [5.41, 5.74) is 2.57. The van der Waals surface area contributed by atoms with Crippen molar-refractivity contribution < 1.29 is 0 Å². The van der Waals surface area contributed by atoms with Crippen LogP contribution in [-0.4, -0.2) is 38.0 Å². The van der Waals surface area contributed by atoms with Crippen LogP contribution in [0.25, 0.3) is 0 Å². The molecule has 1 N–H and O–H groups in total. The zero-order valence-electron chi connectivity index (χ0n) is 11.4. The topological polar surface area (TPSA) is 49.7 Å². The fourth-order valence-electron chi connectivity index (χ4n) is 2.98. The van der Waals surface area contributed by atoms with E-state index >= 15 is 0 Å². The third-order valence-corrected chi connectivity index (χ3v) is 3.83. The molecule has 0 spiro atoms. The van der Waals surface area contributed by atoms with E-state index in [2.05, 4.69) is 32.5 Å². The minimum atomic E-state index is 0.742. The molecule has 2 aromatic heterocycles. The predicted octanol–water partition coefficient (Wildman–Crippen LogP) is 1.60. The van der Waals surface area contributed by atoms with Gasteiger partial charge in [-0.15, -0.1) is 0 Å². The second kappa shape index (κ2) is 5.57. The number of aromatic nitrogens is 4. The number of nitrogens with one attached hydrogen (secondary N) is 1. The maximum atomic E-state index is 4.24. The van der Waals surface area contributed by atoms with Crippen LogP contribution in [0.1, 0.15) is 24.1 Å². The van der Waals surface area contributed by atoms with Crippen molar-refractivity contribution in [2.75, 3.05) is 13.1 Å². The SMILES string of the molecule is Cn1cc(CN2CCC[C@H](Cc3ccn[nH]3)C2)cn1. The third kappa shape index (κ3) is 3.23. The summed E-state index contributed by atoms with van der Waals surface area (Å²) in [5, 5.41) is 11.3. The summed E-state index contributed by atoms with van der Waals surface area (Å²) in [5.74, 6) is 0.742. The number of hydrogen-bond donors (Lipinski definition) is 1.